The summed E-state index contributed by atoms with van der Waals surface area (Å²) >= 11 is 1.43. The molecule has 6 heteroatoms. The van der Waals surface area contributed by atoms with Crippen LogP contribution in [0.25, 0.3) is 10.6 Å². The summed E-state index contributed by atoms with van der Waals surface area (Å²) in [5.41, 5.74) is 1.34. The van der Waals surface area contributed by atoms with Crippen LogP contribution in [0.1, 0.15) is 24.3 Å². The van der Waals surface area contributed by atoms with Crippen LogP contribution >= 0.6 is 11.3 Å². The maximum absolute atomic E-state index is 12.3. The molecular formula is C18H22N2O3S. The van der Waals surface area contributed by atoms with Gasteiger partial charge in [0.1, 0.15) is 17.3 Å². The van der Waals surface area contributed by atoms with Gasteiger partial charge in [0.05, 0.1) is 7.11 Å². The maximum Gasteiger partial charge on any atom is 0.273 e. The highest BCUT2D eigenvalue weighted by molar-refractivity contribution is 7.13. The molecule has 5 nitrogen and oxygen atoms in total. The van der Waals surface area contributed by atoms with E-state index < -0.39 is 0 Å². The zero-order valence-electron chi connectivity index (χ0n) is 14.4. The number of benzene rings is 1. The molecule has 24 heavy (non-hydrogen) atoms. The third-order valence-electron chi connectivity index (χ3n) is 3.59. The number of carbonyl (C=O) groups excluding carboxylic acids is 1. The van der Waals surface area contributed by atoms with Crippen molar-refractivity contribution in [1.29, 1.82) is 0 Å². The van der Waals surface area contributed by atoms with E-state index in [1.807, 2.05) is 32.0 Å². The molecule has 0 N–H and O–H groups in total. The van der Waals surface area contributed by atoms with Gasteiger partial charge in [0, 0.05) is 24.0 Å². The van der Waals surface area contributed by atoms with Crippen molar-refractivity contribution in [2.24, 2.45) is 0 Å². The molecule has 0 atom stereocenters. The highest BCUT2D eigenvalue weighted by Crippen LogP contribution is 2.34. The van der Waals surface area contributed by atoms with Crippen molar-refractivity contribution in [2.45, 2.75) is 19.9 Å². The number of aromatic nitrogens is 1. The van der Waals surface area contributed by atoms with Gasteiger partial charge in [-0.25, -0.2) is 4.98 Å². The second-order valence-electron chi connectivity index (χ2n) is 5.51. The van der Waals surface area contributed by atoms with Gasteiger partial charge in [-0.2, -0.15) is 0 Å². The fourth-order valence-corrected chi connectivity index (χ4v) is 2.78. The molecule has 0 aliphatic carbocycles. The first-order valence-corrected chi connectivity index (χ1v) is 8.50. The minimum atomic E-state index is -0.0783. The van der Waals surface area contributed by atoms with Gasteiger partial charge in [0.2, 0.25) is 0 Å². The molecule has 1 amide bonds. The summed E-state index contributed by atoms with van der Waals surface area (Å²) in [4.78, 5) is 18.5. The van der Waals surface area contributed by atoms with Gasteiger partial charge in [0.15, 0.2) is 11.5 Å². The lowest BCUT2D eigenvalue weighted by molar-refractivity contribution is 0.0750. The number of amides is 1. The first-order chi connectivity index (χ1) is 11.5. The first-order valence-electron chi connectivity index (χ1n) is 7.62. The van der Waals surface area contributed by atoms with E-state index in [-0.39, 0.29) is 11.9 Å². The molecule has 0 spiro atoms. The van der Waals surface area contributed by atoms with Crippen molar-refractivity contribution in [1.82, 2.24) is 9.88 Å². The molecule has 0 unspecified atom stereocenters. The zero-order valence-corrected chi connectivity index (χ0v) is 15.2. The van der Waals surface area contributed by atoms with Crippen LogP contribution in [0.5, 0.6) is 11.5 Å². The molecule has 0 bridgehead atoms. The van der Waals surface area contributed by atoms with Crippen LogP contribution in [0.2, 0.25) is 0 Å². The van der Waals surface area contributed by atoms with Gasteiger partial charge in [-0.1, -0.05) is 12.7 Å². The lowest BCUT2D eigenvalue weighted by atomic mass is 10.2. The van der Waals surface area contributed by atoms with E-state index in [0.29, 0.717) is 23.8 Å². The summed E-state index contributed by atoms with van der Waals surface area (Å²) in [6.45, 7) is 7.98. The number of thiazole rings is 1. The Morgan fingerprint density at radius 1 is 1.42 bits per heavy atom. The van der Waals surface area contributed by atoms with Crippen LogP contribution in [0.4, 0.5) is 0 Å². The highest BCUT2D eigenvalue weighted by atomic mass is 32.1. The maximum atomic E-state index is 12.3. The Bertz CT molecular complexity index is 725. The van der Waals surface area contributed by atoms with Gasteiger partial charge in [-0.3, -0.25) is 4.79 Å². The van der Waals surface area contributed by atoms with Crippen LogP contribution in [0, 0.1) is 0 Å². The monoisotopic (exact) mass is 346 g/mol. The number of rotatable bonds is 7. The molecule has 128 valence electrons. The van der Waals surface area contributed by atoms with E-state index in [2.05, 4.69) is 11.6 Å². The second kappa shape index (κ2) is 7.97. The molecule has 2 rings (SSSR count). The van der Waals surface area contributed by atoms with Crippen molar-refractivity contribution in [2.75, 3.05) is 20.8 Å². The Kier molecular flexibility index (Phi) is 5.98. The molecule has 1 aromatic heterocycles. The lowest BCUT2D eigenvalue weighted by Gasteiger charge is -2.20. The quantitative estimate of drug-likeness (QED) is 0.714. The summed E-state index contributed by atoms with van der Waals surface area (Å²) in [6.07, 6.45) is 1.68. The molecule has 1 aromatic carbocycles. The summed E-state index contributed by atoms with van der Waals surface area (Å²) in [6, 6.07) is 5.72. The molecule has 2 aromatic rings. The van der Waals surface area contributed by atoms with Gasteiger partial charge in [0.25, 0.3) is 5.91 Å². The minimum absolute atomic E-state index is 0.0783. The van der Waals surface area contributed by atoms with Crippen LogP contribution in [-0.2, 0) is 0 Å². The number of carbonyl (C=O) groups is 1. The molecule has 0 fully saturated rings. The average Bonchev–Trinajstić information content (AvgIpc) is 3.08. The highest BCUT2D eigenvalue weighted by Gasteiger charge is 2.18. The van der Waals surface area contributed by atoms with E-state index in [4.69, 9.17) is 9.47 Å². The predicted octanol–water partition coefficient (Wildman–Crippen LogP) is 3.86. The summed E-state index contributed by atoms with van der Waals surface area (Å²) in [7, 11) is 3.37. The van der Waals surface area contributed by atoms with Crippen molar-refractivity contribution >= 4 is 17.2 Å². The Hall–Kier alpha value is -2.34. The largest absolute Gasteiger partial charge is 0.493 e. The molecule has 0 saturated heterocycles. The third kappa shape index (κ3) is 3.94. The van der Waals surface area contributed by atoms with Gasteiger partial charge in [-0.15, -0.1) is 11.3 Å². The minimum Gasteiger partial charge on any atom is -0.493 e. The Morgan fingerprint density at radius 2 is 2.17 bits per heavy atom. The molecule has 0 aliphatic rings. The normalized spacial score (nSPS) is 10.5. The number of ether oxygens (including phenoxy) is 2. The van der Waals surface area contributed by atoms with Gasteiger partial charge in [-0.05, 0) is 32.0 Å². The van der Waals surface area contributed by atoms with Crippen molar-refractivity contribution in [3.05, 3.63) is 41.9 Å². The fourth-order valence-electron chi connectivity index (χ4n) is 1.99. The van der Waals surface area contributed by atoms with Crippen LogP contribution in [0.3, 0.4) is 0 Å². The Balaban J connectivity index is 2.26. The van der Waals surface area contributed by atoms with Crippen molar-refractivity contribution < 1.29 is 14.3 Å². The van der Waals surface area contributed by atoms with E-state index in [9.17, 15) is 4.79 Å². The van der Waals surface area contributed by atoms with E-state index >= 15 is 0 Å². The van der Waals surface area contributed by atoms with E-state index in [1.165, 1.54) is 11.3 Å². The topological polar surface area (TPSA) is 51.7 Å². The smallest absolute Gasteiger partial charge is 0.273 e. The lowest BCUT2D eigenvalue weighted by Crippen LogP contribution is -2.33. The zero-order chi connectivity index (χ0) is 17.7. The molecule has 0 aliphatic heterocycles. The van der Waals surface area contributed by atoms with Crippen LogP contribution in [0.15, 0.2) is 36.2 Å². The summed E-state index contributed by atoms with van der Waals surface area (Å²) in [5, 5.41) is 2.55. The SMILES string of the molecule is C=CCOc1ccc(-c2nc(C(=O)N(C)C(C)C)cs2)cc1OC. The van der Waals surface area contributed by atoms with Crippen LogP contribution < -0.4 is 9.47 Å². The fraction of sp³-hybridized carbons (Fsp3) is 0.333. The van der Waals surface area contributed by atoms with Crippen LogP contribution in [-0.4, -0.2) is 42.6 Å². The third-order valence-corrected chi connectivity index (χ3v) is 4.48. The Morgan fingerprint density at radius 3 is 2.79 bits per heavy atom. The summed E-state index contributed by atoms with van der Waals surface area (Å²) < 4.78 is 10.9. The number of hydrogen-bond acceptors (Lipinski definition) is 5. The molecule has 0 radical (unpaired) electrons. The van der Waals surface area contributed by atoms with Gasteiger partial charge >= 0.3 is 0 Å². The number of hydrogen-bond donors (Lipinski definition) is 0. The van der Waals surface area contributed by atoms with Crippen molar-refractivity contribution in [3.8, 4) is 22.1 Å². The number of methoxy groups -OCH3 is 1. The molecule has 0 saturated carbocycles. The predicted molar refractivity (Wildman–Crippen MR) is 97.0 cm³/mol. The molecule has 1 heterocycles. The standard InChI is InChI=1S/C18H22N2O3S/c1-6-9-23-15-8-7-13(10-16(15)22-5)17-19-14(11-24-17)18(21)20(4)12(2)3/h6-8,10-12H,1,9H2,2-5H3. The van der Waals surface area contributed by atoms with Crippen molar-refractivity contribution in [3.63, 3.8) is 0 Å². The average molecular weight is 346 g/mol. The van der Waals surface area contributed by atoms with E-state index in [1.54, 1.807) is 30.5 Å². The van der Waals surface area contributed by atoms with Gasteiger partial charge < -0.3 is 14.4 Å². The molecular weight excluding hydrogens is 324 g/mol. The second-order valence-corrected chi connectivity index (χ2v) is 6.37. The summed E-state index contributed by atoms with van der Waals surface area (Å²) in [5.74, 6) is 1.19. The Labute approximate surface area is 146 Å². The van der Waals surface area contributed by atoms with E-state index in [0.717, 1.165) is 10.6 Å². The number of nitrogens with zero attached hydrogens (tertiary/aromatic N) is 2. The first kappa shape index (κ1) is 18.0.